The molecule has 2 aromatic carbocycles. The fourth-order valence-corrected chi connectivity index (χ4v) is 3.79. The van der Waals surface area contributed by atoms with Crippen LogP contribution in [-0.2, 0) is 5.41 Å². The Hall–Kier alpha value is -2.53. The number of aromatic carboxylic acids is 1. The molecule has 0 radical (unpaired) electrons. The van der Waals surface area contributed by atoms with Crippen LogP contribution < -0.4 is 9.47 Å². The Kier molecular flexibility index (Phi) is 4.67. The lowest BCUT2D eigenvalue weighted by molar-refractivity contribution is 0.0700. The molecule has 0 atom stereocenters. The molecule has 0 spiro atoms. The first-order chi connectivity index (χ1) is 12.2. The van der Waals surface area contributed by atoms with Crippen LogP contribution in [-0.4, -0.2) is 18.2 Å². The van der Waals surface area contributed by atoms with Crippen molar-refractivity contribution in [2.24, 2.45) is 0 Å². The van der Waals surface area contributed by atoms with Crippen molar-refractivity contribution in [2.75, 3.05) is 7.11 Å². The number of ether oxygens (including phenoxy) is 2. The Morgan fingerprint density at radius 1 is 1.15 bits per heavy atom. The molecule has 0 fully saturated rings. The molecule has 26 heavy (non-hydrogen) atoms. The SMILES string of the molecule is COc1cc2sc(C(=O)O)c(Oc3cccc(C(C)(C)C)c3)c2cc1C. The molecule has 4 nitrogen and oxygen atoms in total. The molecular formula is C21H22O4S. The Morgan fingerprint density at radius 3 is 2.50 bits per heavy atom. The van der Waals surface area contributed by atoms with Gasteiger partial charge in [0.25, 0.3) is 0 Å². The zero-order valence-electron chi connectivity index (χ0n) is 15.5. The summed E-state index contributed by atoms with van der Waals surface area (Å²) in [5.74, 6) is 0.754. The number of carboxylic acids is 1. The van der Waals surface area contributed by atoms with Gasteiger partial charge < -0.3 is 14.6 Å². The van der Waals surface area contributed by atoms with Crippen LogP contribution in [0.25, 0.3) is 10.1 Å². The third kappa shape index (κ3) is 3.40. The summed E-state index contributed by atoms with van der Waals surface area (Å²) in [6.45, 7) is 8.32. The van der Waals surface area contributed by atoms with Crippen molar-refractivity contribution in [1.82, 2.24) is 0 Å². The highest BCUT2D eigenvalue weighted by atomic mass is 32.1. The predicted molar refractivity (Wildman–Crippen MR) is 105 cm³/mol. The molecule has 3 aromatic rings. The van der Waals surface area contributed by atoms with E-state index in [4.69, 9.17) is 9.47 Å². The lowest BCUT2D eigenvalue weighted by Crippen LogP contribution is -2.10. The van der Waals surface area contributed by atoms with Gasteiger partial charge >= 0.3 is 5.97 Å². The highest BCUT2D eigenvalue weighted by Crippen LogP contribution is 2.43. The van der Waals surface area contributed by atoms with Crippen LogP contribution in [0.1, 0.15) is 41.6 Å². The maximum atomic E-state index is 11.7. The van der Waals surface area contributed by atoms with Crippen LogP contribution in [0, 0.1) is 6.92 Å². The first kappa shape index (κ1) is 18.3. The van der Waals surface area contributed by atoms with E-state index < -0.39 is 5.97 Å². The van der Waals surface area contributed by atoms with E-state index >= 15 is 0 Å². The van der Waals surface area contributed by atoms with Crippen molar-refractivity contribution in [3.63, 3.8) is 0 Å². The second-order valence-corrected chi connectivity index (χ2v) is 8.32. The van der Waals surface area contributed by atoms with Gasteiger partial charge in [-0.2, -0.15) is 0 Å². The molecule has 0 bridgehead atoms. The number of methoxy groups -OCH3 is 1. The zero-order chi connectivity index (χ0) is 19.1. The van der Waals surface area contributed by atoms with Crippen LogP contribution in [0.5, 0.6) is 17.2 Å². The van der Waals surface area contributed by atoms with Crippen LogP contribution in [0.15, 0.2) is 36.4 Å². The molecule has 1 N–H and O–H groups in total. The van der Waals surface area contributed by atoms with Crippen molar-refractivity contribution in [3.8, 4) is 17.2 Å². The average molecular weight is 370 g/mol. The van der Waals surface area contributed by atoms with Crippen molar-refractivity contribution in [2.45, 2.75) is 33.1 Å². The lowest BCUT2D eigenvalue weighted by atomic mass is 9.87. The Morgan fingerprint density at radius 2 is 1.88 bits per heavy atom. The van der Waals surface area contributed by atoms with Gasteiger partial charge in [0.2, 0.25) is 0 Å². The molecule has 0 aliphatic carbocycles. The average Bonchev–Trinajstić information content (AvgIpc) is 2.91. The summed E-state index contributed by atoms with van der Waals surface area (Å²) in [5, 5.41) is 10.4. The monoisotopic (exact) mass is 370 g/mol. The topological polar surface area (TPSA) is 55.8 Å². The minimum atomic E-state index is -0.996. The van der Waals surface area contributed by atoms with E-state index in [1.807, 2.05) is 43.3 Å². The standard InChI is InChI=1S/C21H22O4S/c1-12-9-15-17(11-16(12)24-5)26-19(20(22)23)18(15)25-14-8-6-7-13(10-14)21(2,3)4/h6-11H,1-5H3,(H,22,23). The molecule has 1 aromatic heterocycles. The van der Waals surface area contributed by atoms with Crippen molar-refractivity contribution < 1.29 is 19.4 Å². The van der Waals surface area contributed by atoms with Gasteiger partial charge in [-0.05, 0) is 47.7 Å². The van der Waals surface area contributed by atoms with E-state index in [-0.39, 0.29) is 10.3 Å². The van der Waals surface area contributed by atoms with E-state index in [1.54, 1.807) is 7.11 Å². The molecule has 0 aliphatic rings. The first-order valence-corrected chi connectivity index (χ1v) is 9.15. The maximum absolute atomic E-state index is 11.7. The Labute approximate surface area is 157 Å². The second kappa shape index (κ2) is 6.65. The van der Waals surface area contributed by atoms with Crippen LogP contribution >= 0.6 is 11.3 Å². The number of carbonyl (C=O) groups is 1. The summed E-state index contributed by atoms with van der Waals surface area (Å²) in [5.41, 5.74) is 2.04. The lowest BCUT2D eigenvalue weighted by Gasteiger charge is -2.19. The third-order valence-electron chi connectivity index (χ3n) is 4.27. The zero-order valence-corrected chi connectivity index (χ0v) is 16.4. The van der Waals surface area contributed by atoms with E-state index in [0.717, 1.165) is 27.0 Å². The minimum Gasteiger partial charge on any atom is -0.496 e. The number of benzene rings is 2. The summed E-state index contributed by atoms with van der Waals surface area (Å²) in [6.07, 6.45) is 0. The van der Waals surface area contributed by atoms with E-state index in [0.29, 0.717) is 11.5 Å². The van der Waals surface area contributed by atoms with Gasteiger partial charge in [-0.25, -0.2) is 4.79 Å². The predicted octanol–water partition coefficient (Wildman–Crippen LogP) is 6.01. The summed E-state index contributed by atoms with van der Waals surface area (Å²) >= 11 is 1.19. The van der Waals surface area contributed by atoms with Crippen LogP contribution in [0.3, 0.4) is 0 Å². The van der Waals surface area contributed by atoms with Crippen LogP contribution in [0.2, 0.25) is 0 Å². The number of aryl methyl sites for hydroxylation is 1. The molecular weight excluding hydrogens is 348 g/mol. The fraction of sp³-hybridized carbons (Fsp3) is 0.286. The number of hydrogen-bond donors (Lipinski definition) is 1. The molecule has 1 heterocycles. The van der Waals surface area contributed by atoms with Gasteiger partial charge in [0.1, 0.15) is 11.5 Å². The minimum absolute atomic E-state index is 0.0182. The number of rotatable bonds is 4. The summed E-state index contributed by atoms with van der Waals surface area (Å²) < 4.78 is 12.3. The highest BCUT2D eigenvalue weighted by molar-refractivity contribution is 7.21. The molecule has 0 amide bonds. The van der Waals surface area contributed by atoms with Gasteiger partial charge in [-0.3, -0.25) is 0 Å². The third-order valence-corrected chi connectivity index (χ3v) is 5.40. The van der Waals surface area contributed by atoms with Crippen molar-refractivity contribution in [3.05, 3.63) is 52.4 Å². The molecule has 0 saturated heterocycles. The molecule has 0 unspecified atom stereocenters. The van der Waals surface area contributed by atoms with Gasteiger partial charge in [-0.1, -0.05) is 32.9 Å². The van der Waals surface area contributed by atoms with Crippen molar-refractivity contribution in [1.29, 1.82) is 0 Å². The van der Waals surface area contributed by atoms with E-state index in [1.165, 1.54) is 11.3 Å². The summed E-state index contributed by atoms with van der Waals surface area (Å²) in [4.78, 5) is 11.9. The largest absolute Gasteiger partial charge is 0.496 e. The first-order valence-electron chi connectivity index (χ1n) is 8.33. The van der Waals surface area contributed by atoms with E-state index in [2.05, 4.69) is 20.8 Å². The maximum Gasteiger partial charge on any atom is 0.349 e. The van der Waals surface area contributed by atoms with Gasteiger partial charge in [0.05, 0.1) is 7.11 Å². The number of fused-ring (bicyclic) bond motifs is 1. The Balaban J connectivity index is 2.13. The number of thiophene rings is 1. The van der Waals surface area contributed by atoms with E-state index in [9.17, 15) is 9.90 Å². The highest BCUT2D eigenvalue weighted by Gasteiger charge is 2.22. The second-order valence-electron chi connectivity index (χ2n) is 7.26. The molecule has 136 valence electrons. The smallest absolute Gasteiger partial charge is 0.349 e. The quantitative estimate of drug-likeness (QED) is 0.611. The van der Waals surface area contributed by atoms with Gasteiger partial charge in [-0.15, -0.1) is 11.3 Å². The van der Waals surface area contributed by atoms with Gasteiger partial charge in [0.15, 0.2) is 10.6 Å². The number of carboxylic acid groups (broad SMARTS) is 1. The summed E-state index contributed by atoms with van der Waals surface area (Å²) in [6, 6.07) is 11.6. The normalized spacial score (nSPS) is 11.6. The molecule has 0 aliphatic heterocycles. The van der Waals surface area contributed by atoms with Crippen LogP contribution in [0.4, 0.5) is 0 Å². The van der Waals surface area contributed by atoms with Gasteiger partial charge in [0, 0.05) is 10.1 Å². The summed E-state index contributed by atoms with van der Waals surface area (Å²) in [7, 11) is 1.61. The Bertz CT molecular complexity index is 980. The molecule has 0 saturated carbocycles. The molecule has 5 heteroatoms. The molecule has 3 rings (SSSR count). The number of hydrogen-bond acceptors (Lipinski definition) is 4. The van der Waals surface area contributed by atoms with Crippen molar-refractivity contribution >= 4 is 27.4 Å². The fourth-order valence-electron chi connectivity index (χ4n) is 2.82.